The summed E-state index contributed by atoms with van der Waals surface area (Å²) in [6.07, 6.45) is 5.37. The molecule has 3 heteroatoms. The second kappa shape index (κ2) is 4.34. The van der Waals surface area contributed by atoms with Crippen molar-refractivity contribution in [2.75, 3.05) is 13.1 Å². The largest absolute Gasteiger partial charge is 0.385 e. The molecule has 3 atom stereocenters. The van der Waals surface area contributed by atoms with Crippen molar-refractivity contribution < 1.29 is 0 Å². The lowest BCUT2D eigenvalue weighted by atomic mass is 9.92. The lowest BCUT2D eigenvalue weighted by Gasteiger charge is -2.27. The molecule has 15 heavy (non-hydrogen) atoms. The number of hydrogen-bond donors (Lipinski definition) is 2. The Morgan fingerprint density at radius 1 is 1.33 bits per heavy atom. The van der Waals surface area contributed by atoms with Crippen molar-refractivity contribution in [3.63, 3.8) is 0 Å². The fourth-order valence-corrected chi connectivity index (χ4v) is 3.02. The maximum atomic E-state index is 3.73. The quantitative estimate of drug-likeness (QED) is 0.664. The molecule has 86 valence electrons. The topological polar surface area (TPSA) is 24.1 Å². The molecule has 3 rings (SSSR count). The molecule has 2 saturated heterocycles. The molecule has 0 aromatic heterocycles. The van der Waals surface area contributed by atoms with Crippen LogP contribution in [0.3, 0.4) is 0 Å². The van der Waals surface area contributed by atoms with Crippen LogP contribution in [0.15, 0.2) is 11.3 Å². The van der Waals surface area contributed by atoms with Crippen LogP contribution in [0.25, 0.3) is 0 Å². The van der Waals surface area contributed by atoms with E-state index in [0.29, 0.717) is 0 Å². The highest BCUT2D eigenvalue weighted by Gasteiger charge is 2.45. The van der Waals surface area contributed by atoms with Crippen LogP contribution in [0.2, 0.25) is 0 Å². The summed E-state index contributed by atoms with van der Waals surface area (Å²) < 4.78 is 0. The molecule has 3 aliphatic rings. The molecule has 2 heterocycles. The molecule has 0 spiro atoms. The van der Waals surface area contributed by atoms with Gasteiger partial charge in [-0.1, -0.05) is 6.92 Å². The predicted octanol–water partition coefficient (Wildman–Crippen LogP) is 2.06. The summed E-state index contributed by atoms with van der Waals surface area (Å²) in [7, 11) is 0. The first-order chi connectivity index (χ1) is 6.84. The average Bonchev–Trinajstić information content (AvgIpc) is 2.99. The summed E-state index contributed by atoms with van der Waals surface area (Å²) >= 11 is 0. The molecule has 1 aliphatic carbocycles. The Hall–Kier alpha value is -0.210. The Kier molecular flexibility index (Phi) is 3.27. The molecule has 1 saturated carbocycles. The van der Waals surface area contributed by atoms with Crippen LogP contribution in [0.1, 0.15) is 32.6 Å². The monoisotopic (exact) mass is 228 g/mol. The Morgan fingerprint density at radius 3 is 2.87 bits per heavy atom. The second-order valence-corrected chi connectivity index (χ2v) is 5.19. The Bertz CT molecular complexity index is 267. The zero-order valence-electron chi connectivity index (χ0n) is 9.38. The van der Waals surface area contributed by atoms with Gasteiger partial charge in [-0.25, -0.2) is 0 Å². The van der Waals surface area contributed by atoms with E-state index in [0.717, 1.165) is 24.4 Å². The van der Waals surface area contributed by atoms with Crippen LogP contribution in [0.4, 0.5) is 0 Å². The molecule has 0 aromatic rings. The number of hydrogen-bond acceptors (Lipinski definition) is 2. The van der Waals surface area contributed by atoms with E-state index in [1.807, 2.05) is 0 Å². The van der Waals surface area contributed by atoms with Gasteiger partial charge >= 0.3 is 0 Å². The number of piperidine rings is 2. The van der Waals surface area contributed by atoms with Crippen LogP contribution in [0.5, 0.6) is 0 Å². The van der Waals surface area contributed by atoms with E-state index in [1.54, 1.807) is 11.3 Å². The van der Waals surface area contributed by atoms with E-state index in [4.69, 9.17) is 0 Å². The highest BCUT2D eigenvalue weighted by atomic mass is 35.5. The average molecular weight is 229 g/mol. The molecule has 0 radical (unpaired) electrons. The van der Waals surface area contributed by atoms with Crippen molar-refractivity contribution in [3.05, 3.63) is 11.3 Å². The summed E-state index contributed by atoms with van der Waals surface area (Å²) in [5.74, 6) is 1.92. The first-order valence-electron chi connectivity index (χ1n) is 6.03. The molecule has 3 fully saturated rings. The maximum absolute atomic E-state index is 3.73. The van der Waals surface area contributed by atoms with Crippen molar-refractivity contribution >= 4 is 12.4 Å². The van der Waals surface area contributed by atoms with Gasteiger partial charge in [-0.05, 0) is 49.6 Å². The third-order valence-corrected chi connectivity index (χ3v) is 4.05. The smallest absolute Gasteiger partial charge is 0.0293 e. The summed E-state index contributed by atoms with van der Waals surface area (Å²) in [6, 6.07) is 0.836. The van der Waals surface area contributed by atoms with Gasteiger partial charge in [0, 0.05) is 18.3 Å². The van der Waals surface area contributed by atoms with Crippen LogP contribution >= 0.6 is 12.4 Å². The van der Waals surface area contributed by atoms with Gasteiger partial charge in [0.15, 0.2) is 0 Å². The Balaban J connectivity index is 0.000000853. The Labute approximate surface area is 98.3 Å². The molecule has 2 N–H and O–H groups in total. The summed E-state index contributed by atoms with van der Waals surface area (Å²) in [6.45, 7) is 4.76. The van der Waals surface area contributed by atoms with Crippen molar-refractivity contribution in [2.24, 2.45) is 11.8 Å². The SMILES string of the molecule is CC1C/C(=C2/CCCNC2)NC2CC12.Cl. The van der Waals surface area contributed by atoms with Crippen LogP contribution in [-0.4, -0.2) is 19.1 Å². The van der Waals surface area contributed by atoms with Gasteiger partial charge in [0.1, 0.15) is 0 Å². The van der Waals surface area contributed by atoms with Crippen molar-refractivity contribution in [2.45, 2.75) is 38.6 Å². The molecule has 0 bridgehead atoms. The van der Waals surface area contributed by atoms with E-state index < -0.39 is 0 Å². The number of fused-ring (bicyclic) bond motifs is 1. The van der Waals surface area contributed by atoms with E-state index in [-0.39, 0.29) is 12.4 Å². The fraction of sp³-hybridized carbons (Fsp3) is 0.833. The minimum Gasteiger partial charge on any atom is -0.385 e. The van der Waals surface area contributed by atoms with Crippen molar-refractivity contribution in [1.82, 2.24) is 10.6 Å². The normalized spacial score (nSPS) is 43.7. The fourth-order valence-electron chi connectivity index (χ4n) is 3.02. The van der Waals surface area contributed by atoms with Gasteiger partial charge in [-0.3, -0.25) is 0 Å². The molecule has 0 amide bonds. The van der Waals surface area contributed by atoms with E-state index in [2.05, 4.69) is 17.6 Å². The third kappa shape index (κ3) is 2.16. The van der Waals surface area contributed by atoms with Gasteiger partial charge in [-0.15, -0.1) is 12.4 Å². The van der Waals surface area contributed by atoms with Gasteiger partial charge in [0.05, 0.1) is 0 Å². The van der Waals surface area contributed by atoms with E-state index >= 15 is 0 Å². The molecule has 2 aliphatic heterocycles. The number of rotatable bonds is 0. The molecular formula is C12H21ClN2. The number of nitrogens with one attached hydrogen (secondary N) is 2. The van der Waals surface area contributed by atoms with Gasteiger partial charge < -0.3 is 10.6 Å². The maximum Gasteiger partial charge on any atom is 0.0293 e. The highest BCUT2D eigenvalue weighted by molar-refractivity contribution is 5.85. The molecule has 3 unspecified atom stereocenters. The van der Waals surface area contributed by atoms with Gasteiger partial charge in [-0.2, -0.15) is 0 Å². The molecule has 0 aromatic carbocycles. The number of halogens is 1. The lowest BCUT2D eigenvalue weighted by Crippen LogP contribution is -2.32. The van der Waals surface area contributed by atoms with Crippen LogP contribution in [0, 0.1) is 11.8 Å². The highest BCUT2D eigenvalue weighted by Crippen LogP contribution is 2.45. The van der Waals surface area contributed by atoms with Crippen molar-refractivity contribution in [1.29, 1.82) is 0 Å². The predicted molar refractivity (Wildman–Crippen MR) is 65.2 cm³/mol. The molecule has 2 nitrogen and oxygen atoms in total. The minimum atomic E-state index is 0. The summed E-state index contributed by atoms with van der Waals surface area (Å²) in [5.41, 5.74) is 3.25. The van der Waals surface area contributed by atoms with E-state index in [1.165, 1.54) is 32.2 Å². The standard InChI is InChI=1S/C12H20N2.ClH/c1-8-5-11(14-12-6-10(8)12)9-3-2-4-13-7-9;/h8,10,12-14H,2-7H2,1H3;1H/b11-9+;. The zero-order chi connectivity index (χ0) is 9.54. The van der Waals surface area contributed by atoms with Gasteiger partial charge in [0.2, 0.25) is 0 Å². The molecular weight excluding hydrogens is 208 g/mol. The first kappa shape index (κ1) is 11.3. The summed E-state index contributed by atoms with van der Waals surface area (Å²) in [5, 5.41) is 7.21. The second-order valence-electron chi connectivity index (χ2n) is 5.19. The first-order valence-corrected chi connectivity index (χ1v) is 6.03. The number of allylic oxidation sites excluding steroid dienone is 1. The minimum absolute atomic E-state index is 0. The zero-order valence-corrected chi connectivity index (χ0v) is 10.2. The van der Waals surface area contributed by atoms with Crippen LogP contribution in [-0.2, 0) is 0 Å². The third-order valence-electron chi connectivity index (χ3n) is 4.05. The van der Waals surface area contributed by atoms with Crippen LogP contribution < -0.4 is 10.6 Å². The summed E-state index contributed by atoms with van der Waals surface area (Å²) in [4.78, 5) is 0. The lowest BCUT2D eigenvalue weighted by molar-refractivity contribution is 0.417. The van der Waals surface area contributed by atoms with E-state index in [9.17, 15) is 0 Å². The Morgan fingerprint density at radius 2 is 2.20 bits per heavy atom. The van der Waals surface area contributed by atoms with Gasteiger partial charge in [0.25, 0.3) is 0 Å². The van der Waals surface area contributed by atoms with Crippen molar-refractivity contribution in [3.8, 4) is 0 Å².